The lowest BCUT2D eigenvalue weighted by molar-refractivity contribution is -0.120. The largest absolute Gasteiger partial charge is 0.368 e. The second kappa shape index (κ2) is 7.76. The lowest BCUT2D eigenvalue weighted by Crippen LogP contribution is -2.42. The van der Waals surface area contributed by atoms with Gasteiger partial charge >= 0.3 is 0 Å². The van der Waals surface area contributed by atoms with Crippen LogP contribution in [0.1, 0.15) is 6.42 Å². The minimum Gasteiger partial charge on any atom is -0.368 e. The van der Waals surface area contributed by atoms with Crippen molar-refractivity contribution >= 4 is 30.3 Å². The molecule has 0 rings (SSSR count). The molecule has 0 aromatic rings. The Hall–Kier alpha value is 0.130. The topological polar surface area (TPSA) is 55.1 Å². The van der Waals surface area contributed by atoms with Crippen molar-refractivity contribution in [1.82, 2.24) is 5.32 Å². The van der Waals surface area contributed by atoms with Crippen LogP contribution in [-0.2, 0) is 4.79 Å². The second-order valence-electron chi connectivity index (χ2n) is 2.41. The third-order valence-electron chi connectivity index (χ3n) is 1.46. The predicted molar refractivity (Wildman–Crippen MR) is 57.8 cm³/mol. The fourth-order valence-electron chi connectivity index (χ4n) is 0.819. The Kier molecular flexibility index (Phi) is 7.85. The number of hydrogen-bond acceptors (Lipinski definition) is 4. The molecule has 0 bridgehead atoms. The smallest absolute Gasteiger partial charge is 0.234 e. The maximum atomic E-state index is 10.8. The Labute approximate surface area is 83.3 Å². The van der Waals surface area contributed by atoms with Crippen LogP contribution in [0.4, 0.5) is 0 Å². The molecule has 0 saturated carbocycles. The zero-order chi connectivity index (χ0) is 9.40. The monoisotopic (exact) mass is 208 g/mol. The number of carbonyl (C=O) groups excluding carboxylic acids is 1. The zero-order valence-electron chi connectivity index (χ0n) is 7.25. The van der Waals surface area contributed by atoms with Gasteiger partial charge in [0.25, 0.3) is 0 Å². The summed E-state index contributed by atoms with van der Waals surface area (Å²) in [7, 11) is 0. The minimum atomic E-state index is -0.272. The Bertz CT molecular complexity index is 125. The number of rotatable bonds is 7. The summed E-state index contributed by atoms with van der Waals surface area (Å²) in [4.78, 5) is 10.8. The van der Waals surface area contributed by atoms with E-state index in [0.29, 0.717) is 0 Å². The van der Waals surface area contributed by atoms with Crippen molar-refractivity contribution in [3.05, 3.63) is 0 Å². The average Bonchev–Trinajstić information content (AvgIpc) is 2.04. The van der Waals surface area contributed by atoms with E-state index in [4.69, 9.17) is 5.73 Å². The normalized spacial score (nSPS) is 12.8. The Balaban J connectivity index is 3.62. The van der Waals surface area contributed by atoms with E-state index in [1.165, 1.54) is 0 Å². The van der Waals surface area contributed by atoms with Gasteiger partial charge in [-0.25, -0.2) is 0 Å². The molecule has 0 aliphatic rings. The van der Waals surface area contributed by atoms with Crippen LogP contribution in [0, 0.1) is 0 Å². The SMILES string of the molecule is CSCCC(NCCS)C(N)=O. The van der Waals surface area contributed by atoms with Crippen molar-refractivity contribution in [2.45, 2.75) is 12.5 Å². The van der Waals surface area contributed by atoms with Gasteiger partial charge in [0.05, 0.1) is 6.04 Å². The van der Waals surface area contributed by atoms with Crippen molar-refractivity contribution in [3.63, 3.8) is 0 Å². The first-order valence-electron chi connectivity index (χ1n) is 3.85. The van der Waals surface area contributed by atoms with Gasteiger partial charge in [-0.05, 0) is 18.4 Å². The van der Waals surface area contributed by atoms with Gasteiger partial charge < -0.3 is 11.1 Å². The molecular weight excluding hydrogens is 192 g/mol. The van der Waals surface area contributed by atoms with E-state index in [9.17, 15) is 4.79 Å². The van der Waals surface area contributed by atoms with Gasteiger partial charge in [0.1, 0.15) is 0 Å². The van der Waals surface area contributed by atoms with Crippen LogP contribution < -0.4 is 11.1 Å². The first kappa shape index (κ1) is 12.1. The molecule has 0 radical (unpaired) electrons. The lowest BCUT2D eigenvalue weighted by atomic mass is 10.2. The van der Waals surface area contributed by atoms with Gasteiger partial charge in [0.2, 0.25) is 5.91 Å². The van der Waals surface area contributed by atoms with Crippen molar-refractivity contribution in [2.24, 2.45) is 5.73 Å². The minimum absolute atomic E-state index is 0.190. The second-order valence-corrected chi connectivity index (χ2v) is 3.85. The molecule has 0 aliphatic heterocycles. The van der Waals surface area contributed by atoms with E-state index in [1.54, 1.807) is 11.8 Å². The van der Waals surface area contributed by atoms with Gasteiger partial charge in [0.15, 0.2) is 0 Å². The van der Waals surface area contributed by atoms with Gasteiger partial charge in [0, 0.05) is 12.3 Å². The number of hydrogen-bond donors (Lipinski definition) is 3. The van der Waals surface area contributed by atoms with E-state index in [1.807, 2.05) is 6.26 Å². The maximum absolute atomic E-state index is 10.8. The molecule has 5 heteroatoms. The molecule has 3 nitrogen and oxygen atoms in total. The summed E-state index contributed by atoms with van der Waals surface area (Å²) in [6, 6.07) is -0.190. The molecule has 1 amide bonds. The number of primary amides is 1. The highest BCUT2D eigenvalue weighted by molar-refractivity contribution is 7.98. The zero-order valence-corrected chi connectivity index (χ0v) is 8.96. The van der Waals surface area contributed by atoms with E-state index in [2.05, 4.69) is 17.9 Å². The van der Waals surface area contributed by atoms with Crippen LogP contribution in [-0.4, -0.2) is 36.3 Å². The number of thiol groups is 1. The third-order valence-corrected chi connectivity index (χ3v) is 2.32. The van der Waals surface area contributed by atoms with E-state index in [-0.39, 0.29) is 11.9 Å². The van der Waals surface area contributed by atoms with Crippen LogP contribution in [0.3, 0.4) is 0 Å². The molecule has 0 fully saturated rings. The van der Waals surface area contributed by atoms with Gasteiger partial charge in [-0.3, -0.25) is 4.79 Å². The summed E-state index contributed by atoms with van der Waals surface area (Å²) in [6.45, 7) is 0.727. The fraction of sp³-hybridized carbons (Fsp3) is 0.857. The van der Waals surface area contributed by atoms with E-state index < -0.39 is 0 Å². The molecule has 0 aliphatic carbocycles. The van der Waals surface area contributed by atoms with Crippen LogP contribution in [0.5, 0.6) is 0 Å². The summed E-state index contributed by atoms with van der Waals surface area (Å²) in [5.41, 5.74) is 5.18. The summed E-state index contributed by atoms with van der Waals surface area (Å²) in [5, 5.41) is 3.04. The first-order valence-corrected chi connectivity index (χ1v) is 5.87. The highest BCUT2D eigenvalue weighted by Crippen LogP contribution is 1.99. The summed E-state index contributed by atoms with van der Waals surface area (Å²) < 4.78 is 0. The molecule has 12 heavy (non-hydrogen) atoms. The summed E-state index contributed by atoms with van der Waals surface area (Å²) in [6.07, 6.45) is 2.81. The fourth-order valence-corrected chi connectivity index (χ4v) is 1.42. The molecule has 1 unspecified atom stereocenters. The van der Waals surface area contributed by atoms with Crippen molar-refractivity contribution in [3.8, 4) is 0 Å². The lowest BCUT2D eigenvalue weighted by Gasteiger charge is -2.13. The molecule has 0 spiro atoms. The van der Waals surface area contributed by atoms with Crippen LogP contribution in [0.2, 0.25) is 0 Å². The number of thioether (sulfide) groups is 1. The summed E-state index contributed by atoms with van der Waals surface area (Å²) in [5.74, 6) is 1.40. The number of nitrogens with one attached hydrogen (secondary N) is 1. The third kappa shape index (κ3) is 5.74. The number of nitrogens with two attached hydrogens (primary N) is 1. The number of amides is 1. The molecule has 0 saturated heterocycles. The Morgan fingerprint density at radius 1 is 1.75 bits per heavy atom. The highest BCUT2D eigenvalue weighted by atomic mass is 32.2. The molecule has 1 atom stereocenters. The van der Waals surface area contributed by atoms with Crippen molar-refractivity contribution < 1.29 is 4.79 Å². The van der Waals surface area contributed by atoms with Gasteiger partial charge in [-0.15, -0.1) is 0 Å². The quantitative estimate of drug-likeness (QED) is 0.521. The number of carbonyl (C=O) groups is 1. The van der Waals surface area contributed by atoms with Crippen LogP contribution in [0.25, 0.3) is 0 Å². The predicted octanol–water partition coefficient (Wildman–Crippen LogP) is 0.113. The van der Waals surface area contributed by atoms with E-state index >= 15 is 0 Å². The standard InChI is InChI=1S/C7H16N2OS2/c1-12-5-2-6(7(8)10)9-3-4-11/h6,9,11H,2-5H2,1H3,(H2,8,10). The molecule has 72 valence electrons. The molecule has 0 aromatic heterocycles. The molecule has 0 heterocycles. The van der Waals surface area contributed by atoms with Gasteiger partial charge in [-0.1, -0.05) is 0 Å². The highest BCUT2D eigenvalue weighted by Gasteiger charge is 2.12. The molecular formula is C7H16N2OS2. The molecule has 3 N–H and O–H groups in total. The Morgan fingerprint density at radius 2 is 2.42 bits per heavy atom. The van der Waals surface area contributed by atoms with Gasteiger partial charge in [-0.2, -0.15) is 24.4 Å². The van der Waals surface area contributed by atoms with Crippen molar-refractivity contribution in [2.75, 3.05) is 24.3 Å². The molecule has 0 aromatic carbocycles. The first-order chi connectivity index (χ1) is 5.72. The Morgan fingerprint density at radius 3 is 2.83 bits per heavy atom. The average molecular weight is 208 g/mol. The van der Waals surface area contributed by atoms with E-state index in [0.717, 1.165) is 24.5 Å². The van der Waals surface area contributed by atoms with Crippen molar-refractivity contribution in [1.29, 1.82) is 0 Å². The summed E-state index contributed by atoms with van der Waals surface area (Å²) >= 11 is 5.75. The maximum Gasteiger partial charge on any atom is 0.234 e. The van der Waals surface area contributed by atoms with Crippen LogP contribution >= 0.6 is 24.4 Å². The van der Waals surface area contributed by atoms with Crippen LogP contribution in [0.15, 0.2) is 0 Å².